The lowest BCUT2D eigenvalue weighted by molar-refractivity contribution is -0.271. The van der Waals surface area contributed by atoms with Gasteiger partial charge < -0.3 is 15.6 Å². The first-order valence-electron chi connectivity index (χ1n) is 6.67. The molecule has 0 aliphatic rings. The Bertz CT molecular complexity index is 496. The van der Waals surface area contributed by atoms with E-state index in [2.05, 4.69) is 0 Å². The summed E-state index contributed by atoms with van der Waals surface area (Å²) in [7, 11) is 0. The summed E-state index contributed by atoms with van der Waals surface area (Å²) >= 11 is 1.27. The van der Waals surface area contributed by atoms with Gasteiger partial charge in [0.15, 0.2) is 5.60 Å². The summed E-state index contributed by atoms with van der Waals surface area (Å²) in [4.78, 5) is 12.5. The normalized spacial score (nSPS) is 16.9. The maximum Gasteiger partial charge on any atom is 0.419 e. The van der Waals surface area contributed by atoms with Gasteiger partial charge in [0, 0.05) is 4.88 Å². The molecule has 1 heterocycles. The Morgan fingerprint density at radius 3 is 2.41 bits per heavy atom. The van der Waals surface area contributed by atoms with Crippen molar-refractivity contribution in [3.63, 3.8) is 0 Å². The van der Waals surface area contributed by atoms with Crippen molar-refractivity contribution < 1.29 is 27.8 Å². The molecular formula is C14H20F3NO3S. The molecule has 0 saturated carbocycles. The van der Waals surface area contributed by atoms with E-state index in [9.17, 15) is 23.1 Å². The summed E-state index contributed by atoms with van der Waals surface area (Å²) in [6.45, 7) is 4.53. The van der Waals surface area contributed by atoms with E-state index in [1.165, 1.54) is 32.1 Å². The number of thiophene rings is 1. The van der Waals surface area contributed by atoms with E-state index in [0.717, 1.165) is 0 Å². The number of esters is 1. The predicted molar refractivity (Wildman–Crippen MR) is 77.5 cm³/mol. The highest BCUT2D eigenvalue weighted by molar-refractivity contribution is 7.09. The molecule has 0 spiro atoms. The zero-order valence-electron chi connectivity index (χ0n) is 12.6. The number of halogens is 3. The van der Waals surface area contributed by atoms with Gasteiger partial charge in [-0.1, -0.05) is 6.07 Å². The molecule has 0 radical (unpaired) electrons. The highest BCUT2D eigenvalue weighted by atomic mass is 32.1. The largest absolute Gasteiger partial charge is 0.459 e. The number of hydrogen-bond acceptors (Lipinski definition) is 5. The molecule has 0 aliphatic heterocycles. The fourth-order valence-corrected chi connectivity index (χ4v) is 2.51. The first-order chi connectivity index (χ1) is 9.87. The number of alkyl halides is 3. The monoisotopic (exact) mass is 339 g/mol. The number of aliphatic hydroxyl groups is 1. The van der Waals surface area contributed by atoms with Gasteiger partial charge in [-0.3, -0.25) is 4.79 Å². The molecule has 1 rings (SSSR count). The van der Waals surface area contributed by atoms with Gasteiger partial charge in [0.1, 0.15) is 11.6 Å². The zero-order chi connectivity index (χ0) is 17.2. The van der Waals surface area contributed by atoms with Crippen molar-refractivity contribution in [1.29, 1.82) is 0 Å². The third-order valence-electron chi connectivity index (χ3n) is 3.00. The lowest BCUT2D eigenvalue weighted by Crippen LogP contribution is -2.62. The van der Waals surface area contributed by atoms with Crippen LogP contribution in [0.4, 0.5) is 13.2 Å². The molecule has 0 aromatic carbocycles. The van der Waals surface area contributed by atoms with Crippen LogP contribution in [0.15, 0.2) is 17.5 Å². The van der Waals surface area contributed by atoms with Crippen LogP contribution >= 0.6 is 11.3 Å². The van der Waals surface area contributed by atoms with Crippen LogP contribution in [0.1, 0.15) is 32.1 Å². The van der Waals surface area contributed by atoms with Crippen LogP contribution < -0.4 is 5.73 Å². The summed E-state index contributed by atoms with van der Waals surface area (Å²) < 4.78 is 44.6. The van der Waals surface area contributed by atoms with Gasteiger partial charge in [-0.05, 0) is 45.1 Å². The minimum atomic E-state index is -5.04. The highest BCUT2D eigenvalue weighted by Crippen LogP contribution is 2.37. The molecule has 3 N–H and O–H groups in total. The highest BCUT2D eigenvalue weighted by Gasteiger charge is 2.60. The van der Waals surface area contributed by atoms with Crippen LogP contribution in [0.25, 0.3) is 0 Å². The van der Waals surface area contributed by atoms with E-state index in [1.807, 2.05) is 0 Å². The fourth-order valence-electron chi connectivity index (χ4n) is 1.80. The van der Waals surface area contributed by atoms with E-state index in [-0.39, 0.29) is 6.42 Å². The quantitative estimate of drug-likeness (QED) is 0.809. The lowest BCUT2D eigenvalue weighted by Gasteiger charge is -2.35. The average Bonchev–Trinajstić information content (AvgIpc) is 2.84. The second-order valence-electron chi connectivity index (χ2n) is 6.01. The van der Waals surface area contributed by atoms with Gasteiger partial charge in [-0.25, -0.2) is 0 Å². The number of ether oxygens (including phenoxy) is 1. The smallest absolute Gasteiger partial charge is 0.419 e. The SMILES string of the molecule is CC(C)(C)OC(=O)[C@@H](N)[C@](O)(CCc1cccs1)C(F)(F)F. The third kappa shape index (κ3) is 4.69. The standard InChI is InChI=1S/C14H20F3NO3S/c1-12(2,3)21-11(19)10(18)13(20,14(15,16)17)7-6-9-5-4-8-22-9/h4-5,8,10,20H,6-7,18H2,1-3H3/t10-,13-/m1/s1. The van der Waals surface area contributed by atoms with Gasteiger partial charge >= 0.3 is 12.1 Å². The zero-order valence-corrected chi connectivity index (χ0v) is 13.4. The first-order valence-corrected chi connectivity index (χ1v) is 7.55. The second-order valence-corrected chi connectivity index (χ2v) is 7.04. The number of nitrogens with two attached hydrogens (primary N) is 1. The van der Waals surface area contributed by atoms with Crippen LogP contribution in [-0.2, 0) is 16.0 Å². The average molecular weight is 339 g/mol. The molecular weight excluding hydrogens is 319 g/mol. The Balaban J connectivity index is 2.93. The molecule has 126 valence electrons. The molecule has 0 aliphatic carbocycles. The maximum absolute atomic E-state index is 13.2. The minimum absolute atomic E-state index is 0.0375. The maximum atomic E-state index is 13.2. The topological polar surface area (TPSA) is 72.5 Å². The van der Waals surface area contributed by atoms with Gasteiger partial charge in [0.25, 0.3) is 0 Å². The van der Waals surface area contributed by atoms with E-state index < -0.39 is 35.8 Å². The molecule has 1 aromatic rings. The summed E-state index contributed by atoms with van der Waals surface area (Å²) in [6, 6.07) is 1.15. The van der Waals surface area contributed by atoms with Crippen molar-refractivity contribution >= 4 is 17.3 Å². The molecule has 8 heteroatoms. The Morgan fingerprint density at radius 2 is 2.00 bits per heavy atom. The molecule has 0 amide bonds. The van der Waals surface area contributed by atoms with Crippen LogP contribution in [0.2, 0.25) is 0 Å². The summed E-state index contributed by atoms with van der Waals surface area (Å²) in [6.07, 6.45) is -5.79. The first kappa shape index (κ1) is 18.9. The fraction of sp³-hybridized carbons (Fsp3) is 0.643. The Morgan fingerprint density at radius 1 is 1.41 bits per heavy atom. The van der Waals surface area contributed by atoms with Crippen LogP contribution in [0.3, 0.4) is 0 Å². The van der Waals surface area contributed by atoms with Gasteiger partial charge in [-0.15, -0.1) is 11.3 Å². The van der Waals surface area contributed by atoms with Crippen molar-refractivity contribution in [3.8, 4) is 0 Å². The Kier molecular flexibility index (Phi) is 5.64. The van der Waals surface area contributed by atoms with Crippen LogP contribution in [0, 0.1) is 0 Å². The van der Waals surface area contributed by atoms with Crippen LogP contribution in [-0.4, -0.2) is 34.5 Å². The van der Waals surface area contributed by atoms with Crippen molar-refractivity contribution in [2.75, 3.05) is 0 Å². The molecule has 22 heavy (non-hydrogen) atoms. The summed E-state index contributed by atoms with van der Waals surface area (Å²) in [5.41, 5.74) is 1.06. The van der Waals surface area contributed by atoms with Crippen molar-refractivity contribution in [3.05, 3.63) is 22.4 Å². The Hall–Kier alpha value is -1.12. The van der Waals surface area contributed by atoms with Crippen molar-refractivity contribution in [2.24, 2.45) is 5.73 Å². The van der Waals surface area contributed by atoms with Gasteiger partial charge in [0.05, 0.1) is 0 Å². The molecule has 1 aromatic heterocycles. The van der Waals surface area contributed by atoms with Gasteiger partial charge in [0.2, 0.25) is 0 Å². The molecule has 2 atom stereocenters. The number of rotatable bonds is 5. The molecule has 0 bridgehead atoms. The molecule has 0 unspecified atom stereocenters. The molecule has 4 nitrogen and oxygen atoms in total. The van der Waals surface area contributed by atoms with E-state index in [1.54, 1.807) is 17.5 Å². The number of carbonyl (C=O) groups excluding carboxylic acids is 1. The summed E-state index contributed by atoms with van der Waals surface area (Å²) in [5, 5.41) is 11.8. The van der Waals surface area contributed by atoms with Crippen molar-refractivity contribution in [2.45, 2.75) is 57.0 Å². The molecule has 0 saturated heterocycles. The number of carbonyl (C=O) groups is 1. The van der Waals surface area contributed by atoms with E-state index >= 15 is 0 Å². The van der Waals surface area contributed by atoms with Crippen molar-refractivity contribution in [1.82, 2.24) is 0 Å². The Labute approximate surface area is 131 Å². The second kappa shape index (κ2) is 6.55. The number of hydrogen-bond donors (Lipinski definition) is 2. The van der Waals surface area contributed by atoms with Crippen LogP contribution in [0.5, 0.6) is 0 Å². The third-order valence-corrected chi connectivity index (χ3v) is 3.93. The lowest BCUT2D eigenvalue weighted by atomic mass is 9.88. The van der Waals surface area contributed by atoms with Gasteiger partial charge in [-0.2, -0.15) is 13.2 Å². The minimum Gasteiger partial charge on any atom is -0.459 e. The van der Waals surface area contributed by atoms with E-state index in [0.29, 0.717) is 4.88 Å². The van der Waals surface area contributed by atoms with E-state index in [4.69, 9.17) is 10.5 Å². The molecule has 0 fully saturated rings. The summed E-state index contributed by atoms with van der Waals surface area (Å²) in [5.74, 6) is -1.28. The number of aryl methyl sites for hydroxylation is 1. The predicted octanol–water partition coefficient (Wildman–Crippen LogP) is 2.64.